The summed E-state index contributed by atoms with van der Waals surface area (Å²) < 4.78 is 11.4. The molecule has 1 amide bonds. The highest BCUT2D eigenvalue weighted by molar-refractivity contribution is 8.16. The summed E-state index contributed by atoms with van der Waals surface area (Å²) in [5.74, 6) is 6.15. The zero-order valence-electron chi connectivity index (χ0n) is 14.4. The van der Waals surface area contributed by atoms with E-state index in [0.29, 0.717) is 22.6 Å². The third-order valence-corrected chi connectivity index (χ3v) is 6.92. The van der Waals surface area contributed by atoms with E-state index in [2.05, 4.69) is 18.1 Å². The molecule has 0 N–H and O–H groups in total. The Bertz CT molecular complexity index is 731. The van der Waals surface area contributed by atoms with Crippen LogP contribution in [0.15, 0.2) is 47.1 Å². The number of rotatable bonds is 7. The molecule has 0 saturated carbocycles. The van der Waals surface area contributed by atoms with Crippen LogP contribution in [0.4, 0.5) is 0 Å². The minimum absolute atomic E-state index is 0.0470. The van der Waals surface area contributed by atoms with E-state index in [4.69, 9.17) is 15.6 Å². The van der Waals surface area contributed by atoms with E-state index < -0.39 is 0 Å². The largest absolute Gasteiger partial charge is 0.484 e. The SMILES string of the molecule is C#CCN(Cc1ccco1)C(=O)COc1ccc(C2SCCCS2)cc1. The molecule has 3 rings (SSSR count). The average Bonchev–Trinajstić information content (AvgIpc) is 3.20. The van der Waals surface area contributed by atoms with Crippen molar-refractivity contribution in [3.05, 3.63) is 54.0 Å². The normalized spacial score (nSPS) is 14.6. The molecular weight excluding hydrogens is 366 g/mol. The van der Waals surface area contributed by atoms with Crippen molar-refractivity contribution in [3.8, 4) is 18.1 Å². The Labute approximate surface area is 162 Å². The van der Waals surface area contributed by atoms with Crippen molar-refractivity contribution in [2.24, 2.45) is 0 Å². The lowest BCUT2D eigenvalue weighted by atomic mass is 10.2. The Balaban J connectivity index is 1.53. The first-order chi connectivity index (χ1) is 12.8. The van der Waals surface area contributed by atoms with Crippen molar-refractivity contribution in [3.63, 3.8) is 0 Å². The summed E-state index contributed by atoms with van der Waals surface area (Å²) in [5.41, 5.74) is 1.30. The maximum atomic E-state index is 12.4. The molecule has 0 aliphatic carbocycles. The number of ether oxygens (including phenoxy) is 1. The predicted octanol–water partition coefficient (Wildman–Crippen LogP) is 4.19. The lowest BCUT2D eigenvalue weighted by molar-refractivity contribution is -0.133. The Kier molecular flexibility index (Phi) is 6.98. The standard InChI is InChI=1S/C20H21NO3S2/c1-2-10-21(14-18-5-3-11-23-18)19(22)15-24-17-8-6-16(7-9-17)20-25-12-4-13-26-20/h1,3,5-9,11,20H,4,10,12-15H2. The van der Waals surface area contributed by atoms with E-state index >= 15 is 0 Å². The van der Waals surface area contributed by atoms with Gasteiger partial charge in [0.2, 0.25) is 0 Å². The van der Waals surface area contributed by atoms with E-state index in [1.807, 2.05) is 41.7 Å². The van der Waals surface area contributed by atoms with Gasteiger partial charge >= 0.3 is 0 Å². The number of carbonyl (C=O) groups excluding carboxylic acids is 1. The van der Waals surface area contributed by atoms with Crippen LogP contribution in [0.2, 0.25) is 0 Å². The molecule has 136 valence electrons. The lowest BCUT2D eigenvalue weighted by Gasteiger charge is -2.21. The average molecular weight is 388 g/mol. The summed E-state index contributed by atoms with van der Waals surface area (Å²) in [6.45, 7) is 0.515. The number of furan rings is 1. The van der Waals surface area contributed by atoms with Crippen LogP contribution in [-0.4, -0.2) is 35.5 Å². The molecule has 1 saturated heterocycles. The number of nitrogens with zero attached hydrogens (tertiary/aromatic N) is 1. The summed E-state index contributed by atoms with van der Waals surface area (Å²) in [7, 11) is 0. The maximum absolute atomic E-state index is 12.4. The van der Waals surface area contributed by atoms with Crippen molar-refractivity contribution in [1.29, 1.82) is 0 Å². The van der Waals surface area contributed by atoms with Gasteiger partial charge in [-0.3, -0.25) is 4.79 Å². The molecule has 0 bridgehead atoms. The van der Waals surface area contributed by atoms with Crippen molar-refractivity contribution >= 4 is 29.4 Å². The summed E-state index contributed by atoms with van der Waals surface area (Å²) >= 11 is 3.97. The number of carbonyl (C=O) groups is 1. The van der Waals surface area contributed by atoms with E-state index in [1.165, 1.54) is 23.5 Å². The molecule has 0 radical (unpaired) electrons. The molecule has 4 nitrogen and oxygen atoms in total. The summed E-state index contributed by atoms with van der Waals surface area (Å²) in [6, 6.07) is 11.6. The van der Waals surface area contributed by atoms with Crippen LogP contribution >= 0.6 is 23.5 Å². The number of terminal acetylenes is 1. The maximum Gasteiger partial charge on any atom is 0.261 e. The van der Waals surface area contributed by atoms with Gasteiger partial charge in [0.25, 0.3) is 5.91 Å². The number of hydrogen-bond acceptors (Lipinski definition) is 5. The van der Waals surface area contributed by atoms with Crippen LogP contribution < -0.4 is 4.74 Å². The molecule has 2 heterocycles. The Hall–Kier alpha value is -1.97. The van der Waals surface area contributed by atoms with E-state index in [-0.39, 0.29) is 19.1 Å². The molecule has 1 aliphatic rings. The van der Waals surface area contributed by atoms with Crippen LogP contribution in [-0.2, 0) is 11.3 Å². The van der Waals surface area contributed by atoms with Gasteiger partial charge in [-0.1, -0.05) is 18.1 Å². The quantitative estimate of drug-likeness (QED) is 0.667. The van der Waals surface area contributed by atoms with Gasteiger partial charge in [0.05, 0.1) is 23.9 Å². The van der Waals surface area contributed by atoms with Crippen molar-refractivity contribution in [2.75, 3.05) is 24.7 Å². The second-order valence-electron chi connectivity index (χ2n) is 5.82. The zero-order chi connectivity index (χ0) is 18.2. The topological polar surface area (TPSA) is 42.7 Å². The van der Waals surface area contributed by atoms with Crippen LogP contribution in [0.3, 0.4) is 0 Å². The van der Waals surface area contributed by atoms with E-state index in [0.717, 1.165) is 0 Å². The summed E-state index contributed by atoms with van der Waals surface area (Å²) in [6.07, 6.45) is 8.23. The fraction of sp³-hybridized carbons (Fsp3) is 0.350. The van der Waals surface area contributed by atoms with Crippen molar-refractivity contribution in [2.45, 2.75) is 17.5 Å². The number of benzene rings is 1. The Morgan fingerprint density at radius 2 is 2.04 bits per heavy atom. The highest BCUT2D eigenvalue weighted by atomic mass is 32.2. The van der Waals surface area contributed by atoms with Crippen LogP contribution in [0.25, 0.3) is 0 Å². The Morgan fingerprint density at radius 1 is 1.27 bits per heavy atom. The Morgan fingerprint density at radius 3 is 2.69 bits per heavy atom. The smallest absolute Gasteiger partial charge is 0.261 e. The lowest BCUT2D eigenvalue weighted by Crippen LogP contribution is -2.34. The summed E-state index contributed by atoms with van der Waals surface area (Å²) in [5, 5.41) is 0. The van der Waals surface area contributed by atoms with Gasteiger partial charge in [0.15, 0.2) is 6.61 Å². The van der Waals surface area contributed by atoms with E-state index in [1.54, 1.807) is 17.2 Å². The molecule has 6 heteroatoms. The first-order valence-corrected chi connectivity index (χ1v) is 10.6. The molecule has 0 unspecified atom stereocenters. The molecule has 1 fully saturated rings. The van der Waals surface area contributed by atoms with Gasteiger partial charge in [-0.25, -0.2) is 0 Å². The fourth-order valence-corrected chi connectivity index (χ4v) is 5.47. The molecule has 1 aromatic heterocycles. The van der Waals surface area contributed by atoms with Gasteiger partial charge in [0.1, 0.15) is 11.5 Å². The molecule has 1 aliphatic heterocycles. The van der Waals surface area contributed by atoms with Gasteiger partial charge in [-0.05, 0) is 47.8 Å². The molecule has 2 aromatic rings. The molecule has 26 heavy (non-hydrogen) atoms. The molecule has 0 atom stereocenters. The van der Waals surface area contributed by atoms with Gasteiger partial charge in [-0.15, -0.1) is 29.9 Å². The number of amides is 1. The first-order valence-electron chi connectivity index (χ1n) is 8.46. The molecule has 1 aromatic carbocycles. The third kappa shape index (κ3) is 5.26. The van der Waals surface area contributed by atoms with Gasteiger partial charge in [0, 0.05) is 0 Å². The minimum atomic E-state index is -0.165. The van der Waals surface area contributed by atoms with Crippen LogP contribution in [0, 0.1) is 12.3 Å². The summed E-state index contributed by atoms with van der Waals surface area (Å²) in [4.78, 5) is 13.9. The zero-order valence-corrected chi connectivity index (χ0v) is 16.1. The van der Waals surface area contributed by atoms with E-state index in [9.17, 15) is 4.79 Å². The molecule has 0 spiro atoms. The number of hydrogen-bond donors (Lipinski definition) is 0. The predicted molar refractivity (Wildman–Crippen MR) is 107 cm³/mol. The number of thioether (sulfide) groups is 2. The van der Waals surface area contributed by atoms with Crippen LogP contribution in [0.1, 0.15) is 22.3 Å². The third-order valence-electron chi connectivity index (χ3n) is 3.90. The van der Waals surface area contributed by atoms with Gasteiger partial charge in [-0.2, -0.15) is 0 Å². The minimum Gasteiger partial charge on any atom is -0.484 e. The molecular formula is C20H21NO3S2. The van der Waals surface area contributed by atoms with Crippen molar-refractivity contribution in [1.82, 2.24) is 4.90 Å². The van der Waals surface area contributed by atoms with Crippen molar-refractivity contribution < 1.29 is 13.9 Å². The fourth-order valence-electron chi connectivity index (χ4n) is 2.57. The monoisotopic (exact) mass is 387 g/mol. The van der Waals surface area contributed by atoms with Gasteiger partial charge < -0.3 is 14.1 Å². The second kappa shape index (κ2) is 9.65. The van der Waals surface area contributed by atoms with Crippen LogP contribution in [0.5, 0.6) is 5.75 Å². The highest BCUT2D eigenvalue weighted by Gasteiger charge is 2.17. The second-order valence-corrected chi connectivity index (χ2v) is 8.54. The first kappa shape index (κ1) is 18.8. The highest BCUT2D eigenvalue weighted by Crippen LogP contribution is 2.43.